The van der Waals surface area contributed by atoms with Crippen molar-refractivity contribution in [2.45, 2.75) is 10.3 Å². The molecular formula is C16H16BrClO2S. The number of benzene rings is 2. The van der Waals surface area contributed by atoms with E-state index in [0.717, 1.165) is 15.6 Å². The Morgan fingerprint density at radius 2 is 1.67 bits per heavy atom. The lowest BCUT2D eigenvalue weighted by molar-refractivity contribution is 0.354. The highest BCUT2D eigenvalue weighted by molar-refractivity contribution is 9.10. The number of hydrogen-bond acceptors (Lipinski definition) is 3. The fraction of sp³-hybridized carbons (Fsp3) is 0.250. The lowest BCUT2D eigenvalue weighted by atomic mass is 10.0. The van der Waals surface area contributed by atoms with Gasteiger partial charge in [0.2, 0.25) is 0 Å². The molecular weight excluding hydrogens is 372 g/mol. The molecule has 0 saturated heterocycles. The van der Waals surface area contributed by atoms with Crippen LogP contribution in [0, 0.1) is 0 Å². The molecule has 0 bridgehead atoms. The Labute approximate surface area is 142 Å². The molecule has 2 nitrogen and oxygen atoms in total. The van der Waals surface area contributed by atoms with Gasteiger partial charge in [-0.1, -0.05) is 34.1 Å². The van der Waals surface area contributed by atoms with E-state index in [1.165, 1.54) is 4.90 Å². The van der Waals surface area contributed by atoms with Crippen LogP contribution in [0.3, 0.4) is 0 Å². The summed E-state index contributed by atoms with van der Waals surface area (Å²) in [5.41, 5.74) is 2.04. The number of rotatable bonds is 5. The van der Waals surface area contributed by atoms with Crippen molar-refractivity contribution in [3.63, 3.8) is 0 Å². The number of halogens is 2. The molecule has 112 valence electrons. The first-order valence-electron chi connectivity index (χ1n) is 6.30. The van der Waals surface area contributed by atoms with Crippen LogP contribution in [0.5, 0.6) is 11.5 Å². The molecule has 0 spiro atoms. The van der Waals surface area contributed by atoms with Crippen molar-refractivity contribution in [2.75, 3.05) is 20.5 Å². The third kappa shape index (κ3) is 3.50. The maximum atomic E-state index is 6.71. The summed E-state index contributed by atoms with van der Waals surface area (Å²) in [5, 5.41) is -0.261. The summed E-state index contributed by atoms with van der Waals surface area (Å²) in [6.45, 7) is 0. The summed E-state index contributed by atoms with van der Waals surface area (Å²) in [6.07, 6.45) is 2.05. The average Bonchev–Trinajstić information content (AvgIpc) is 2.53. The summed E-state index contributed by atoms with van der Waals surface area (Å²) in [5.74, 6) is 1.35. The van der Waals surface area contributed by atoms with Crippen LogP contribution in [0.25, 0.3) is 0 Å². The van der Waals surface area contributed by atoms with Crippen LogP contribution >= 0.6 is 39.3 Å². The van der Waals surface area contributed by atoms with Gasteiger partial charge in [-0.3, -0.25) is 0 Å². The number of hydrogen-bond donors (Lipinski definition) is 0. The SMILES string of the molecule is COc1cc(Br)c(C(Cl)c2ccccc2SC)cc1OC. The second-order valence-electron chi connectivity index (χ2n) is 4.33. The van der Waals surface area contributed by atoms with Crippen molar-refractivity contribution >= 4 is 39.3 Å². The van der Waals surface area contributed by atoms with E-state index in [2.05, 4.69) is 22.0 Å². The molecule has 5 heteroatoms. The topological polar surface area (TPSA) is 18.5 Å². The zero-order chi connectivity index (χ0) is 15.4. The Morgan fingerprint density at radius 3 is 2.29 bits per heavy atom. The first kappa shape index (κ1) is 16.5. The fourth-order valence-corrected chi connectivity index (χ4v) is 3.86. The van der Waals surface area contributed by atoms with Gasteiger partial charge in [0, 0.05) is 9.37 Å². The highest BCUT2D eigenvalue weighted by atomic mass is 79.9. The van der Waals surface area contributed by atoms with Crippen molar-refractivity contribution in [3.8, 4) is 11.5 Å². The van der Waals surface area contributed by atoms with Gasteiger partial charge in [0.15, 0.2) is 11.5 Å². The number of alkyl halides is 1. The molecule has 2 aromatic rings. The van der Waals surface area contributed by atoms with Gasteiger partial charge in [-0.05, 0) is 35.6 Å². The Kier molecular flexibility index (Phi) is 5.85. The first-order chi connectivity index (χ1) is 10.1. The van der Waals surface area contributed by atoms with E-state index in [1.54, 1.807) is 26.0 Å². The molecule has 0 heterocycles. The average molecular weight is 388 g/mol. The largest absolute Gasteiger partial charge is 0.493 e. The van der Waals surface area contributed by atoms with E-state index in [4.69, 9.17) is 21.1 Å². The van der Waals surface area contributed by atoms with Crippen LogP contribution < -0.4 is 9.47 Å². The minimum absolute atomic E-state index is 0.261. The van der Waals surface area contributed by atoms with Crippen LogP contribution in [-0.4, -0.2) is 20.5 Å². The standard InChI is InChI=1S/C16H16BrClO2S/c1-19-13-8-11(12(17)9-14(13)20-2)16(18)10-6-4-5-7-15(10)21-3/h4-9,16H,1-3H3. The molecule has 0 aliphatic heterocycles. The normalized spacial score (nSPS) is 12.0. The Morgan fingerprint density at radius 1 is 1.05 bits per heavy atom. The van der Waals surface area contributed by atoms with Crippen molar-refractivity contribution < 1.29 is 9.47 Å². The Hall–Kier alpha value is -0.840. The summed E-state index contributed by atoms with van der Waals surface area (Å²) in [7, 11) is 3.24. The van der Waals surface area contributed by atoms with Gasteiger partial charge in [-0.15, -0.1) is 23.4 Å². The lowest BCUT2D eigenvalue weighted by Crippen LogP contribution is -1.99. The van der Waals surface area contributed by atoms with Gasteiger partial charge in [-0.25, -0.2) is 0 Å². The number of thioether (sulfide) groups is 1. The maximum Gasteiger partial charge on any atom is 0.161 e. The highest BCUT2D eigenvalue weighted by Crippen LogP contribution is 2.42. The first-order valence-corrected chi connectivity index (χ1v) is 8.76. The van der Waals surface area contributed by atoms with E-state index in [1.807, 2.05) is 36.6 Å². The fourth-order valence-electron chi connectivity index (χ4n) is 2.11. The lowest BCUT2D eigenvalue weighted by Gasteiger charge is -2.18. The molecule has 0 radical (unpaired) electrons. The molecule has 0 N–H and O–H groups in total. The summed E-state index contributed by atoms with van der Waals surface area (Å²) >= 11 is 12.0. The zero-order valence-electron chi connectivity index (χ0n) is 12.0. The number of ether oxygens (including phenoxy) is 2. The summed E-state index contributed by atoms with van der Waals surface area (Å²) < 4.78 is 11.6. The van der Waals surface area contributed by atoms with Crippen molar-refractivity contribution in [3.05, 3.63) is 52.0 Å². The van der Waals surface area contributed by atoms with Crippen LogP contribution in [0.4, 0.5) is 0 Å². The van der Waals surface area contributed by atoms with Gasteiger partial charge in [0.1, 0.15) is 0 Å². The summed E-state index contributed by atoms with van der Waals surface area (Å²) in [6, 6.07) is 11.9. The second-order valence-corrected chi connectivity index (χ2v) is 6.47. The van der Waals surface area contributed by atoms with E-state index >= 15 is 0 Å². The molecule has 0 aliphatic carbocycles. The van der Waals surface area contributed by atoms with Crippen LogP contribution in [0.1, 0.15) is 16.5 Å². The molecule has 1 atom stereocenters. The minimum atomic E-state index is -0.261. The molecule has 2 aromatic carbocycles. The van der Waals surface area contributed by atoms with Gasteiger partial charge >= 0.3 is 0 Å². The Bertz CT molecular complexity index is 634. The highest BCUT2D eigenvalue weighted by Gasteiger charge is 2.19. The third-order valence-corrected chi connectivity index (χ3v) is 5.16. The molecule has 21 heavy (non-hydrogen) atoms. The maximum absolute atomic E-state index is 6.71. The zero-order valence-corrected chi connectivity index (χ0v) is 15.2. The molecule has 0 aliphatic rings. The molecule has 0 aromatic heterocycles. The molecule has 0 amide bonds. The molecule has 2 rings (SSSR count). The van der Waals surface area contributed by atoms with E-state index in [0.29, 0.717) is 11.5 Å². The van der Waals surface area contributed by atoms with Gasteiger partial charge in [0.05, 0.1) is 19.6 Å². The predicted octanol–water partition coefficient (Wildman–Crippen LogP) is 5.52. The van der Waals surface area contributed by atoms with Gasteiger partial charge in [0.25, 0.3) is 0 Å². The minimum Gasteiger partial charge on any atom is -0.493 e. The molecule has 1 unspecified atom stereocenters. The monoisotopic (exact) mass is 386 g/mol. The van der Waals surface area contributed by atoms with Crippen LogP contribution in [0.15, 0.2) is 45.8 Å². The van der Waals surface area contributed by atoms with E-state index < -0.39 is 0 Å². The van der Waals surface area contributed by atoms with Gasteiger partial charge < -0.3 is 9.47 Å². The van der Waals surface area contributed by atoms with Crippen molar-refractivity contribution in [2.24, 2.45) is 0 Å². The summed E-state index contributed by atoms with van der Waals surface area (Å²) in [4.78, 5) is 1.17. The second kappa shape index (κ2) is 7.43. The van der Waals surface area contributed by atoms with Crippen LogP contribution in [-0.2, 0) is 0 Å². The van der Waals surface area contributed by atoms with Crippen molar-refractivity contribution in [1.82, 2.24) is 0 Å². The predicted molar refractivity (Wildman–Crippen MR) is 93.2 cm³/mol. The van der Waals surface area contributed by atoms with E-state index in [9.17, 15) is 0 Å². The number of methoxy groups -OCH3 is 2. The van der Waals surface area contributed by atoms with Gasteiger partial charge in [-0.2, -0.15) is 0 Å². The van der Waals surface area contributed by atoms with Crippen molar-refractivity contribution in [1.29, 1.82) is 0 Å². The smallest absolute Gasteiger partial charge is 0.161 e. The third-order valence-electron chi connectivity index (χ3n) is 3.19. The van der Waals surface area contributed by atoms with E-state index in [-0.39, 0.29) is 5.38 Å². The molecule has 0 saturated carbocycles. The Balaban J connectivity index is 2.50. The quantitative estimate of drug-likeness (QED) is 0.497. The molecule has 0 fully saturated rings. The van der Waals surface area contributed by atoms with Crippen LogP contribution in [0.2, 0.25) is 0 Å².